The summed E-state index contributed by atoms with van der Waals surface area (Å²) in [6.45, 7) is 9.58. The van der Waals surface area contributed by atoms with Gasteiger partial charge in [0.2, 0.25) is 5.82 Å². The van der Waals surface area contributed by atoms with Crippen LogP contribution >= 0.6 is 0 Å². The fraction of sp³-hybridized carbons (Fsp3) is 0.448. The normalized spacial score (nSPS) is 14.8. The molecule has 0 bridgehead atoms. The second kappa shape index (κ2) is 15.0. The second-order valence-electron chi connectivity index (χ2n) is 8.76. The molecule has 0 saturated carbocycles. The molecule has 5 heterocycles. The van der Waals surface area contributed by atoms with Crippen molar-refractivity contribution in [1.82, 2.24) is 29.9 Å². The number of anilines is 2. The van der Waals surface area contributed by atoms with Crippen molar-refractivity contribution in [2.45, 2.75) is 78.7 Å². The number of aryl methyl sites for hydroxylation is 1. The third kappa shape index (κ3) is 7.79. The molecule has 1 aliphatic heterocycles. The maximum atomic E-state index is 14.0. The van der Waals surface area contributed by atoms with Crippen LogP contribution in [0.4, 0.5) is 15.9 Å². The van der Waals surface area contributed by atoms with Crippen molar-refractivity contribution in [1.29, 1.82) is 0 Å². The summed E-state index contributed by atoms with van der Waals surface area (Å²) in [6, 6.07) is 9.95. The van der Waals surface area contributed by atoms with Gasteiger partial charge in [0, 0.05) is 24.6 Å². The first-order valence-corrected chi connectivity index (χ1v) is 13.6. The molecule has 4 aromatic rings. The lowest BCUT2D eigenvalue weighted by Gasteiger charge is -2.22. The molecule has 198 valence electrons. The average Bonchev–Trinajstić information content (AvgIpc) is 3.39. The Morgan fingerprint density at radius 1 is 1.11 bits per heavy atom. The molecular formula is C29H40FN7. The number of nitrogens with zero attached hydrogens (tertiary/aromatic N) is 5. The van der Waals surface area contributed by atoms with Gasteiger partial charge in [-0.3, -0.25) is 9.97 Å². The van der Waals surface area contributed by atoms with Crippen LogP contribution in [-0.2, 0) is 6.42 Å². The second-order valence-corrected chi connectivity index (χ2v) is 8.76. The highest BCUT2D eigenvalue weighted by molar-refractivity contribution is 5.78. The quantitative estimate of drug-likeness (QED) is 0.282. The number of hydrogen-bond acceptors (Lipinski definition) is 6. The van der Waals surface area contributed by atoms with E-state index < -0.39 is 5.82 Å². The summed E-state index contributed by atoms with van der Waals surface area (Å²) in [4.78, 5) is 12.7. The van der Waals surface area contributed by atoms with Crippen molar-refractivity contribution >= 4 is 17.0 Å². The number of fused-ring (bicyclic) bond motifs is 1. The van der Waals surface area contributed by atoms with E-state index in [1.165, 1.54) is 57.5 Å². The van der Waals surface area contributed by atoms with Crippen molar-refractivity contribution in [2.75, 3.05) is 11.9 Å². The first kappa shape index (κ1) is 28.2. The maximum Gasteiger partial charge on any atom is 0.200 e. The monoisotopic (exact) mass is 505 g/mol. The Labute approximate surface area is 220 Å². The molecule has 8 heteroatoms. The van der Waals surface area contributed by atoms with E-state index in [0.717, 1.165) is 23.5 Å². The summed E-state index contributed by atoms with van der Waals surface area (Å²) >= 11 is 0. The Balaban J connectivity index is 0.000000266. The molecule has 4 aromatic heterocycles. The molecule has 0 spiro atoms. The van der Waals surface area contributed by atoms with Gasteiger partial charge < -0.3 is 10.6 Å². The Morgan fingerprint density at radius 3 is 2.65 bits per heavy atom. The summed E-state index contributed by atoms with van der Waals surface area (Å²) < 4.78 is 15.8. The fourth-order valence-electron chi connectivity index (χ4n) is 4.29. The zero-order valence-electron chi connectivity index (χ0n) is 22.5. The highest BCUT2D eigenvalue weighted by Gasteiger charge is 2.15. The summed E-state index contributed by atoms with van der Waals surface area (Å²) in [5, 5.41) is 11.2. The van der Waals surface area contributed by atoms with Gasteiger partial charge in [0.15, 0.2) is 11.6 Å². The minimum atomic E-state index is -0.441. The van der Waals surface area contributed by atoms with Crippen molar-refractivity contribution in [3.8, 4) is 11.5 Å². The van der Waals surface area contributed by atoms with Gasteiger partial charge in [-0.1, -0.05) is 53.0 Å². The van der Waals surface area contributed by atoms with E-state index in [9.17, 15) is 4.39 Å². The van der Waals surface area contributed by atoms with Gasteiger partial charge in [0.05, 0.1) is 11.9 Å². The van der Waals surface area contributed by atoms with Crippen molar-refractivity contribution in [3.05, 3.63) is 66.5 Å². The van der Waals surface area contributed by atoms with E-state index in [0.29, 0.717) is 23.0 Å². The average molecular weight is 506 g/mol. The van der Waals surface area contributed by atoms with Gasteiger partial charge in [-0.05, 0) is 62.1 Å². The largest absolute Gasteiger partial charge is 0.336 e. The minimum Gasteiger partial charge on any atom is -0.336 e. The first-order chi connectivity index (χ1) is 18.2. The SMILES string of the molecule is CC.CCCCC1CCCCN1.CCc1ccn2nc(-c3ccccn3)nc(Nc3ccncc3F)c12. The van der Waals surface area contributed by atoms with Gasteiger partial charge >= 0.3 is 0 Å². The minimum absolute atomic E-state index is 0.311. The highest BCUT2D eigenvalue weighted by atomic mass is 19.1. The number of halogens is 1. The number of rotatable bonds is 7. The van der Waals surface area contributed by atoms with E-state index in [-0.39, 0.29) is 0 Å². The van der Waals surface area contributed by atoms with Crippen molar-refractivity contribution in [3.63, 3.8) is 0 Å². The molecule has 0 amide bonds. The number of unbranched alkanes of at least 4 members (excludes halogenated alkanes) is 1. The lowest BCUT2D eigenvalue weighted by atomic mass is 10.0. The number of piperidine rings is 1. The van der Waals surface area contributed by atoms with Crippen LogP contribution in [0.1, 0.15) is 71.8 Å². The molecule has 1 unspecified atom stereocenters. The lowest BCUT2D eigenvalue weighted by molar-refractivity contribution is 0.374. The van der Waals surface area contributed by atoms with Crippen LogP contribution < -0.4 is 10.6 Å². The molecule has 5 rings (SSSR count). The van der Waals surface area contributed by atoms with E-state index in [1.54, 1.807) is 16.8 Å². The van der Waals surface area contributed by atoms with E-state index in [2.05, 4.69) is 44.5 Å². The molecule has 0 radical (unpaired) electrons. The third-order valence-electron chi connectivity index (χ3n) is 6.21. The van der Waals surface area contributed by atoms with Crippen LogP contribution in [0, 0.1) is 5.82 Å². The molecule has 1 saturated heterocycles. The lowest BCUT2D eigenvalue weighted by Crippen LogP contribution is -2.33. The summed E-state index contributed by atoms with van der Waals surface area (Å²) in [5.41, 5.74) is 2.85. The smallest absolute Gasteiger partial charge is 0.200 e. The molecule has 7 nitrogen and oxygen atoms in total. The fourth-order valence-corrected chi connectivity index (χ4v) is 4.29. The Kier molecular flexibility index (Phi) is 11.4. The Hall–Kier alpha value is -3.39. The summed E-state index contributed by atoms with van der Waals surface area (Å²) in [7, 11) is 0. The number of aromatic nitrogens is 5. The van der Waals surface area contributed by atoms with Gasteiger partial charge in [-0.2, -0.15) is 0 Å². The van der Waals surface area contributed by atoms with Crippen molar-refractivity contribution in [2.24, 2.45) is 0 Å². The molecule has 0 aromatic carbocycles. The van der Waals surface area contributed by atoms with E-state index >= 15 is 0 Å². The molecule has 1 aliphatic rings. The predicted octanol–water partition coefficient (Wildman–Crippen LogP) is 6.98. The van der Waals surface area contributed by atoms with Gasteiger partial charge in [0.25, 0.3) is 0 Å². The maximum absolute atomic E-state index is 14.0. The third-order valence-corrected chi connectivity index (χ3v) is 6.21. The standard InChI is InChI=1S/C18H15FN6.C9H19N.C2H6/c1-2-12-7-10-25-16(12)18(22-14-6-9-20-11-13(14)19)23-17(24-25)15-5-3-4-8-21-15;1-2-3-6-9-7-4-5-8-10-9;1-2/h3-11H,2H2,1H3,(H,20,22,23,24);9-10H,2-8H2,1H3;1-2H3. The Bertz CT molecular complexity index is 1200. The van der Waals surface area contributed by atoms with Crippen molar-refractivity contribution < 1.29 is 4.39 Å². The van der Waals surface area contributed by atoms with Gasteiger partial charge in [-0.25, -0.2) is 13.9 Å². The van der Waals surface area contributed by atoms with Crippen LogP contribution in [0.25, 0.3) is 17.0 Å². The molecule has 2 N–H and O–H groups in total. The van der Waals surface area contributed by atoms with E-state index in [4.69, 9.17) is 0 Å². The number of hydrogen-bond donors (Lipinski definition) is 2. The van der Waals surface area contributed by atoms with Crippen LogP contribution in [0.5, 0.6) is 0 Å². The molecule has 37 heavy (non-hydrogen) atoms. The van der Waals surface area contributed by atoms with E-state index in [1.807, 2.05) is 44.3 Å². The van der Waals surface area contributed by atoms with Crippen LogP contribution in [0.3, 0.4) is 0 Å². The molecule has 0 aliphatic carbocycles. The zero-order chi connectivity index (χ0) is 26.5. The summed E-state index contributed by atoms with van der Waals surface area (Å²) in [6.07, 6.45) is 15.5. The number of nitrogens with one attached hydrogen (secondary N) is 2. The predicted molar refractivity (Wildman–Crippen MR) is 150 cm³/mol. The highest BCUT2D eigenvalue weighted by Crippen LogP contribution is 2.27. The Morgan fingerprint density at radius 2 is 1.97 bits per heavy atom. The van der Waals surface area contributed by atoms with Crippen LogP contribution in [0.2, 0.25) is 0 Å². The number of pyridine rings is 2. The zero-order valence-corrected chi connectivity index (χ0v) is 22.5. The van der Waals surface area contributed by atoms with Crippen LogP contribution in [-0.4, -0.2) is 37.2 Å². The topological polar surface area (TPSA) is 80.0 Å². The molecule has 1 fully saturated rings. The summed E-state index contributed by atoms with van der Waals surface area (Å²) in [5.74, 6) is 0.550. The first-order valence-electron chi connectivity index (χ1n) is 13.6. The van der Waals surface area contributed by atoms with Crippen LogP contribution in [0.15, 0.2) is 55.1 Å². The molecular weight excluding hydrogens is 465 g/mol. The molecule has 1 atom stereocenters. The van der Waals surface area contributed by atoms with Gasteiger partial charge in [0.1, 0.15) is 11.2 Å². The van der Waals surface area contributed by atoms with Gasteiger partial charge in [-0.15, -0.1) is 5.10 Å².